The largest absolute Gasteiger partial charge is 0.482 e. The zero-order valence-corrected chi connectivity index (χ0v) is 16.5. The minimum Gasteiger partial charge on any atom is -0.482 e. The van der Waals surface area contributed by atoms with Crippen LogP contribution in [0, 0.1) is 5.92 Å². The summed E-state index contributed by atoms with van der Waals surface area (Å²) in [6.07, 6.45) is 1.84. The van der Waals surface area contributed by atoms with Crippen molar-refractivity contribution >= 4 is 45.8 Å². The van der Waals surface area contributed by atoms with Crippen LogP contribution in [0.4, 0.5) is 5.69 Å². The third kappa shape index (κ3) is 4.46. The van der Waals surface area contributed by atoms with E-state index in [1.165, 1.54) is 4.90 Å². The Hall–Kier alpha value is -1.31. The average molecular weight is 433 g/mol. The van der Waals surface area contributed by atoms with E-state index < -0.39 is 0 Å². The van der Waals surface area contributed by atoms with E-state index in [0.717, 1.165) is 17.3 Å². The number of rotatable bonds is 3. The summed E-state index contributed by atoms with van der Waals surface area (Å²) in [7, 11) is 0. The van der Waals surface area contributed by atoms with Gasteiger partial charge in [-0.2, -0.15) is 0 Å². The summed E-state index contributed by atoms with van der Waals surface area (Å²) < 4.78 is 6.33. The Bertz CT molecular complexity index is 648. The molecular weight excluding hydrogens is 410 g/mol. The van der Waals surface area contributed by atoms with E-state index in [2.05, 4.69) is 15.9 Å². The van der Waals surface area contributed by atoms with Gasteiger partial charge in [0.25, 0.3) is 5.91 Å². The quantitative estimate of drug-likeness (QED) is 0.794. The molecule has 0 radical (unpaired) electrons. The molecule has 3 rings (SSSR count). The summed E-state index contributed by atoms with van der Waals surface area (Å²) in [4.78, 5) is 28.2. The van der Waals surface area contributed by atoms with Gasteiger partial charge in [-0.3, -0.25) is 14.5 Å². The van der Waals surface area contributed by atoms with Crippen molar-refractivity contribution in [2.24, 2.45) is 11.7 Å². The van der Waals surface area contributed by atoms with Crippen molar-refractivity contribution in [2.75, 3.05) is 31.1 Å². The van der Waals surface area contributed by atoms with E-state index in [9.17, 15) is 9.59 Å². The van der Waals surface area contributed by atoms with Crippen molar-refractivity contribution in [3.05, 3.63) is 22.7 Å². The van der Waals surface area contributed by atoms with Gasteiger partial charge >= 0.3 is 0 Å². The summed E-state index contributed by atoms with van der Waals surface area (Å²) in [6, 6.07) is 5.61. The number of carbonyl (C=O) groups excluding carboxylic acids is 2. The highest BCUT2D eigenvalue weighted by Gasteiger charge is 2.31. The molecule has 1 atom stereocenters. The number of nitrogens with zero attached hydrogens (tertiary/aromatic N) is 2. The van der Waals surface area contributed by atoms with Gasteiger partial charge in [0, 0.05) is 23.6 Å². The molecule has 2 heterocycles. The molecule has 0 spiro atoms. The molecule has 1 aromatic rings. The smallest absolute Gasteiger partial charge is 0.265 e. The standard InChI is InChI=1S/C17H22BrN3O3.ClH/c1-11(19)12-4-6-20(7-5-12)16(22)9-21-14-3-2-13(18)8-15(14)24-10-17(21)23;/h2-3,8,11-12H,4-7,9-10,19H2,1H3;1H. The fourth-order valence-corrected chi connectivity index (χ4v) is 3.60. The van der Waals surface area contributed by atoms with Crippen LogP contribution < -0.4 is 15.4 Å². The first-order valence-electron chi connectivity index (χ1n) is 8.22. The molecule has 0 bridgehead atoms. The third-order valence-electron chi connectivity index (χ3n) is 4.79. The van der Waals surface area contributed by atoms with Crippen LogP contribution in [0.2, 0.25) is 0 Å². The number of halogens is 2. The number of ether oxygens (including phenoxy) is 1. The minimum absolute atomic E-state index is 0. The second kappa shape index (κ2) is 8.38. The second-order valence-electron chi connectivity index (χ2n) is 6.46. The van der Waals surface area contributed by atoms with Gasteiger partial charge in [-0.15, -0.1) is 12.4 Å². The predicted octanol–water partition coefficient (Wildman–Crippen LogP) is 2.18. The van der Waals surface area contributed by atoms with E-state index in [1.54, 1.807) is 6.07 Å². The number of fused-ring (bicyclic) bond motifs is 1. The molecule has 1 fully saturated rings. The van der Waals surface area contributed by atoms with E-state index in [-0.39, 0.29) is 43.4 Å². The molecular formula is C17H23BrClN3O3. The lowest BCUT2D eigenvalue weighted by atomic mass is 9.91. The van der Waals surface area contributed by atoms with Crippen molar-refractivity contribution in [3.8, 4) is 5.75 Å². The molecule has 0 saturated carbocycles. The van der Waals surface area contributed by atoms with Crippen molar-refractivity contribution in [2.45, 2.75) is 25.8 Å². The summed E-state index contributed by atoms with van der Waals surface area (Å²) in [5.74, 6) is 0.871. The highest BCUT2D eigenvalue weighted by atomic mass is 79.9. The number of benzene rings is 1. The first-order valence-corrected chi connectivity index (χ1v) is 9.01. The van der Waals surface area contributed by atoms with Crippen LogP contribution in [0.3, 0.4) is 0 Å². The first-order chi connectivity index (χ1) is 11.5. The molecule has 2 amide bonds. The number of likely N-dealkylation sites (tertiary alicyclic amines) is 1. The molecule has 8 heteroatoms. The Labute approximate surface area is 162 Å². The molecule has 0 aromatic heterocycles. The monoisotopic (exact) mass is 431 g/mol. The Balaban J connectivity index is 0.00000225. The molecule has 0 aliphatic carbocycles. The van der Waals surface area contributed by atoms with Crippen molar-refractivity contribution in [1.82, 2.24) is 4.90 Å². The lowest BCUT2D eigenvalue weighted by Crippen LogP contribution is -2.49. The number of piperidine rings is 1. The van der Waals surface area contributed by atoms with E-state index in [0.29, 0.717) is 30.4 Å². The van der Waals surface area contributed by atoms with E-state index in [1.807, 2.05) is 24.0 Å². The van der Waals surface area contributed by atoms with E-state index >= 15 is 0 Å². The van der Waals surface area contributed by atoms with Crippen LogP contribution in [0.25, 0.3) is 0 Å². The SMILES string of the molecule is CC(N)C1CCN(C(=O)CN2C(=O)COc3cc(Br)ccc32)CC1.Cl. The van der Waals surface area contributed by atoms with Crippen molar-refractivity contribution < 1.29 is 14.3 Å². The maximum Gasteiger partial charge on any atom is 0.265 e. The average Bonchev–Trinajstić information content (AvgIpc) is 2.57. The van der Waals surface area contributed by atoms with Gasteiger partial charge < -0.3 is 15.4 Å². The van der Waals surface area contributed by atoms with Crippen molar-refractivity contribution in [1.29, 1.82) is 0 Å². The lowest BCUT2D eigenvalue weighted by molar-refractivity contribution is -0.133. The highest BCUT2D eigenvalue weighted by molar-refractivity contribution is 9.10. The van der Waals surface area contributed by atoms with Gasteiger partial charge in [0.15, 0.2) is 6.61 Å². The first kappa shape index (κ1) is 20.0. The predicted molar refractivity (Wildman–Crippen MR) is 102 cm³/mol. The molecule has 1 aromatic carbocycles. The molecule has 1 unspecified atom stereocenters. The molecule has 25 heavy (non-hydrogen) atoms. The van der Waals surface area contributed by atoms with Gasteiger partial charge in [-0.1, -0.05) is 15.9 Å². The van der Waals surface area contributed by atoms with E-state index in [4.69, 9.17) is 10.5 Å². The summed E-state index contributed by atoms with van der Waals surface area (Å²) >= 11 is 3.39. The lowest BCUT2D eigenvalue weighted by Gasteiger charge is -2.36. The second-order valence-corrected chi connectivity index (χ2v) is 7.37. The Kier molecular flexibility index (Phi) is 6.71. The number of amides is 2. The van der Waals surface area contributed by atoms with Gasteiger partial charge in [-0.25, -0.2) is 0 Å². The topological polar surface area (TPSA) is 75.9 Å². The molecule has 2 N–H and O–H groups in total. The summed E-state index contributed by atoms with van der Waals surface area (Å²) in [6.45, 7) is 3.44. The highest BCUT2D eigenvalue weighted by Crippen LogP contribution is 2.34. The molecule has 2 aliphatic rings. The number of hydrogen-bond acceptors (Lipinski definition) is 4. The molecule has 6 nitrogen and oxygen atoms in total. The van der Waals surface area contributed by atoms with Crippen molar-refractivity contribution in [3.63, 3.8) is 0 Å². The third-order valence-corrected chi connectivity index (χ3v) is 5.29. The van der Waals surface area contributed by atoms with Gasteiger partial charge in [0.05, 0.1) is 5.69 Å². The number of carbonyl (C=O) groups is 2. The fraction of sp³-hybridized carbons (Fsp3) is 0.529. The summed E-state index contributed by atoms with van der Waals surface area (Å²) in [5.41, 5.74) is 6.59. The maximum absolute atomic E-state index is 12.6. The van der Waals surface area contributed by atoms with Crippen LogP contribution in [0.1, 0.15) is 19.8 Å². The fourth-order valence-electron chi connectivity index (χ4n) is 3.26. The minimum atomic E-state index is -0.191. The number of anilines is 1. The Morgan fingerprint density at radius 1 is 1.40 bits per heavy atom. The van der Waals surface area contributed by atoms with Crippen LogP contribution in [-0.2, 0) is 9.59 Å². The maximum atomic E-state index is 12.6. The molecule has 138 valence electrons. The zero-order chi connectivity index (χ0) is 17.3. The van der Waals surface area contributed by atoms with Crippen LogP contribution >= 0.6 is 28.3 Å². The van der Waals surface area contributed by atoms with Gasteiger partial charge in [-0.05, 0) is 43.9 Å². The van der Waals surface area contributed by atoms with Gasteiger partial charge in [0.2, 0.25) is 5.91 Å². The van der Waals surface area contributed by atoms with Crippen LogP contribution in [0.15, 0.2) is 22.7 Å². The number of nitrogens with two attached hydrogens (primary N) is 1. The normalized spacial score (nSPS) is 18.9. The Morgan fingerprint density at radius 2 is 2.08 bits per heavy atom. The van der Waals surface area contributed by atoms with Crippen LogP contribution in [-0.4, -0.2) is 49.0 Å². The van der Waals surface area contributed by atoms with Crippen LogP contribution in [0.5, 0.6) is 5.75 Å². The Morgan fingerprint density at radius 3 is 2.72 bits per heavy atom. The zero-order valence-electron chi connectivity index (χ0n) is 14.1. The summed E-state index contributed by atoms with van der Waals surface area (Å²) in [5, 5.41) is 0. The molecule has 2 aliphatic heterocycles. The number of hydrogen-bond donors (Lipinski definition) is 1. The molecule has 1 saturated heterocycles. The van der Waals surface area contributed by atoms with Gasteiger partial charge in [0.1, 0.15) is 12.3 Å².